The first-order chi connectivity index (χ1) is 18.5. The van der Waals surface area contributed by atoms with E-state index >= 15 is 0 Å². The largest absolute Gasteiger partial charge is 0.497 e. The van der Waals surface area contributed by atoms with Gasteiger partial charge in [-0.15, -0.1) is 0 Å². The number of hydrogen-bond donors (Lipinski definition) is 1. The molecule has 0 unspecified atom stereocenters. The predicted octanol–water partition coefficient (Wildman–Crippen LogP) is 7.32. The molecule has 2 heterocycles. The maximum Gasteiger partial charge on any atom is 0.236 e. The van der Waals surface area contributed by atoms with E-state index in [2.05, 4.69) is 62.4 Å². The number of aliphatic hydroxyl groups is 1. The first kappa shape index (κ1) is 35.5. The molecule has 222 valence electrons. The van der Waals surface area contributed by atoms with E-state index in [1.807, 2.05) is 13.0 Å². The molecule has 0 fully saturated rings. The van der Waals surface area contributed by atoms with E-state index in [9.17, 15) is 21.9 Å². The maximum atomic E-state index is 11.9. The molecule has 0 aliphatic carbocycles. The lowest BCUT2D eigenvalue weighted by Gasteiger charge is -2.05. The SMILES string of the molecule is BrP(Br)Br.COc1ccc2c(c1)c(CBr)c(C)n2S(C)(=O)=O.COc1ccc2c(c1)c(CO)c(C)n2S(C)(=O)=O. The highest BCUT2D eigenvalue weighted by Crippen LogP contribution is 2.59. The number of nitrogens with zero attached hydrogens (tertiary/aromatic N) is 2. The molecule has 4 aromatic rings. The van der Waals surface area contributed by atoms with Crippen molar-refractivity contribution < 1.29 is 31.4 Å². The Morgan fingerprint density at radius 2 is 1.12 bits per heavy atom. The second-order valence-corrected chi connectivity index (χ2v) is 28.0. The van der Waals surface area contributed by atoms with Crippen LogP contribution >= 0.6 is 66.4 Å². The topological polar surface area (TPSA) is 117 Å². The fourth-order valence-electron chi connectivity index (χ4n) is 4.34. The molecule has 1 N–H and O–H groups in total. The highest BCUT2D eigenvalue weighted by Gasteiger charge is 2.20. The molecule has 0 atom stereocenters. The average molecular weight is 872 g/mol. The minimum absolute atomic E-state index is 0.183. The van der Waals surface area contributed by atoms with E-state index in [1.54, 1.807) is 51.5 Å². The van der Waals surface area contributed by atoms with Crippen molar-refractivity contribution in [2.24, 2.45) is 0 Å². The molecule has 0 bridgehead atoms. The zero-order chi connectivity index (χ0) is 30.6. The molecule has 0 radical (unpaired) electrons. The summed E-state index contributed by atoms with van der Waals surface area (Å²) in [7, 11) is -3.58. The number of ether oxygens (including phenoxy) is 2. The Hall–Kier alpha value is -0.670. The highest BCUT2D eigenvalue weighted by molar-refractivity contribution is 9.93. The summed E-state index contributed by atoms with van der Waals surface area (Å²) in [4.78, 5) is 0. The molecule has 0 aliphatic rings. The Morgan fingerprint density at radius 3 is 1.43 bits per heavy atom. The van der Waals surface area contributed by atoms with Crippen molar-refractivity contribution in [1.29, 1.82) is 0 Å². The molecule has 9 nitrogen and oxygen atoms in total. The van der Waals surface area contributed by atoms with E-state index in [-0.39, 0.29) is 10.6 Å². The molecule has 40 heavy (non-hydrogen) atoms. The van der Waals surface area contributed by atoms with Gasteiger partial charge in [-0.25, -0.2) is 24.8 Å². The standard InChI is InChI=1S/C12H14BrNO3S.C12H15NO4S.Br3P/c1-8-11(7-13)10-6-9(17-2)4-5-12(10)14(8)18(3,15)16;1-8-11(7-14)10-6-9(17-2)4-5-12(10)13(8)18(3,15)16;1-4(2)3/h4-6H,7H2,1-3H3;4-6,14H,7H2,1-3H3;. The van der Waals surface area contributed by atoms with Gasteiger partial charge in [0.25, 0.3) is 0 Å². The molecule has 0 amide bonds. The fourth-order valence-corrected chi connectivity index (χ4v) is 7.30. The van der Waals surface area contributed by atoms with Crippen molar-refractivity contribution in [3.05, 3.63) is 58.9 Å². The average Bonchev–Trinajstić information content (AvgIpc) is 3.31. The van der Waals surface area contributed by atoms with Crippen LogP contribution in [0.5, 0.6) is 11.5 Å². The molecule has 0 spiro atoms. The Labute approximate surface area is 268 Å². The molecule has 16 heteroatoms. The van der Waals surface area contributed by atoms with Gasteiger partial charge in [-0.05, 0) is 102 Å². The van der Waals surface area contributed by atoms with Crippen molar-refractivity contribution in [2.45, 2.75) is 25.8 Å². The number of methoxy groups -OCH3 is 2. The normalized spacial score (nSPS) is 11.7. The Bertz CT molecular complexity index is 1590. The van der Waals surface area contributed by atoms with Gasteiger partial charge in [0.05, 0.1) is 44.4 Å². The van der Waals surface area contributed by atoms with Crippen LogP contribution in [0.3, 0.4) is 0 Å². The highest BCUT2D eigenvalue weighted by atomic mass is 80.0. The number of alkyl halides is 1. The van der Waals surface area contributed by atoms with Crippen LogP contribution in [0.4, 0.5) is 0 Å². The quantitative estimate of drug-likeness (QED) is 0.160. The van der Waals surface area contributed by atoms with Crippen LogP contribution in [0.1, 0.15) is 22.5 Å². The second-order valence-electron chi connectivity index (χ2n) is 8.43. The van der Waals surface area contributed by atoms with Crippen LogP contribution in [0.25, 0.3) is 21.8 Å². The van der Waals surface area contributed by atoms with Crippen LogP contribution in [0.2, 0.25) is 0 Å². The molecular weight excluding hydrogens is 843 g/mol. The lowest BCUT2D eigenvalue weighted by molar-refractivity contribution is 0.282. The van der Waals surface area contributed by atoms with Gasteiger partial charge in [-0.3, -0.25) is 0 Å². The number of benzene rings is 2. The van der Waals surface area contributed by atoms with Crippen LogP contribution in [-0.4, -0.2) is 56.6 Å². The second kappa shape index (κ2) is 14.7. The molecule has 2 aromatic carbocycles. The van der Waals surface area contributed by atoms with Crippen molar-refractivity contribution in [3.63, 3.8) is 0 Å². The summed E-state index contributed by atoms with van der Waals surface area (Å²) in [6, 6.07) is 10.5. The summed E-state index contributed by atoms with van der Waals surface area (Å²) in [5.74, 6) is 1.35. The van der Waals surface area contributed by atoms with Gasteiger partial charge < -0.3 is 14.6 Å². The molecule has 0 saturated carbocycles. The fraction of sp³-hybridized carbons (Fsp3) is 0.333. The van der Waals surface area contributed by atoms with E-state index in [0.29, 0.717) is 38.8 Å². The number of aliphatic hydroxyl groups excluding tert-OH is 1. The van der Waals surface area contributed by atoms with Gasteiger partial charge in [0.1, 0.15) is 15.5 Å². The molecule has 4 rings (SSSR count). The third kappa shape index (κ3) is 8.24. The predicted molar refractivity (Wildman–Crippen MR) is 179 cm³/mol. The Kier molecular flexibility index (Phi) is 13.0. The summed E-state index contributed by atoms with van der Waals surface area (Å²) in [6.45, 7) is 3.28. The first-order valence-electron chi connectivity index (χ1n) is 11.2. The summed E-state index contributed by atoms with van der Waals surface area (Å²) in [5, 5.41) is 11.6. The minimum atomic E-state index is -3.40. The number of hydrogen-bond acceptors (Lipinski definition) is 7. The Morgan fingerprint density at radius 1 is 0.775 bits per heavy atom. The van der Waals surface area contributed by atoms with Crippen LogP contribution < -0.4 is 9.47 Å². The van der Waals surface area contributed by atoms with E-state index in [1.165, 1.54) is 14.2 Å². The van der Waals surface area contributed by atoms with Crippen molar-refractivity contribution >= 4 is 108 Å². The monoisotopic (exact) mass is 868 g/mol. The summed E-state index contributed by atoms with van der Waals surface area (Å²) in [5.41, 5.74) is 4.08. The zero-order valence-electron chi connectivity index (χ0n) is 22.4. The smallest absolute Gasteiger partial charge is 0.236 e. The van der Waals surface area contributed by atoms with E-state index < -0.39 is 20.0 Å². The van der Waals surface area contributed by atoms with Gasteiger partial charge in [-0.1, -0.05) is 15.9 Å². The molecule has 2 aromatic heterocycles. The van der Waals surface area contributed by atoms with Gasteiger partial charge in [-0.2, -0.15) is 0 Å². The summed E-state index contributed by atoms with van der Waals surface area (Å²) < 4.78 is 60.1. The van der Waals surface area contributed by atoms with Crippen molar-refractivity contribution in [2.75, 3.05) is 26.7 Å². The third-order valence-corrected chi connectivity index (χ3v) is 8.76. The van der Waals surface area contributed by atoms with Crippen LogP contribution in [0, 0.1) is 13.8 Å². The zero-order valence-corrected chi connectivity index (χ0v) is 31.3. The van der Waals surface area contributed by atoms with Gasteiger partial charge in [0.15, 0.2) is 0 Å². The summed E-state index contributed by atoms with van der Waals surface area (Å²) >= 11 is 12.9. The van der Waals surface area contributed by atoms with Crippen molar-refractivity contribution in [3.8, 4) is 11.5 Å². The molecule has 0 aliphatic heterocycles. The molecular formula is C24H29Br4N2O7PS2. The number of halogens is 4. The minimum Gasteiger partial charge on any atom is -0.497 e. The van der Waals surface area contributed by atoms with Crippen molar-refractivity contribution in [1.82, 2.24) is 7.94 Å². The Balaban J connectivity index is 0.000000247. The first-order valence-corrected chi connectivity index (χ1v) is 23.5. The maximum absolute atomic E-state index is 11.9. The van der Waals surface area contributed by atoms with E-state index in [0.717, 1.165) is 28.6 Å². The number of rotatable bonds is 6. The third-order valence-electron chi connectivity index (χ3n) is 5.93. The lowest BCUT2D eigenvalue weighted by atomic mass is 10.1. The molecule has 0 saturated heterocycles. The van der Waals surface area contributed by atoms with E-state index in [4.69, 9.17) is 9.47 Å². The number of fused-ring (bicyclic) bond motifs is 2. The van der Waals surface area contributed by atoms with Crippen LogP contribution in [-0.2, 0) is 32.0 Å². The number of aromatic nitrogens is 2. The summed E-state index contributed by atoms with van der Waals surface area (Å²) in [6.07, 6.45) is 2.35. The van der Waals surface area contributed by atoms with Gasteiger partial charge in [0, 0.05) is 33.1 Å². The van der Waals surface area contributed by atoms with Gasteiger partial charge in [0.2, 0.25) is 20.0 Å². The van der Waals surface area contributed by atoms with Crippen LogP contribution in [0.15, 0.2) is 36.4 Å². The van der Waals surface area contributed by atoms with Gasteiger partial charge >= 0.3 is 0 Å². The lowest BCUT2D eigenvalue weighted by Crippen LogP contribution is -2.11.